The molecule has 3 rings (SSSR count). The summed E-state index contributed by atoms with van der Waals surface area (Å²) in [5, 5.41) is 14.4. The number of amides is 1. The maximum atomic E-state index is 12.2. The van der Waals surface area contributed by atoms with Crippen molar-refractivity contribution in [1.29, 1.82) is 5.26 Å². The lowest BCUT2D eigenvalue weighted by Crippen LogP contribution is -2.50. The molecule has 2 aromatic rings. The van der Waals surface area contributed by atoms with Crippen molar-refractivity contribution in [1.82, 2.24) is 14.9 Å². The number of nitrogens with one attached hydrogen (secondary N) is 1. The van der Waals surface area contributed by atoms with E-state index in [1.54, 1.807) is 11.4 Å². The molecular weight excluding hydrogens is 368 g/mol. The summed E-state index contributed by atoms with van der Waals surface area (Å²) >= 11 is 1.38. The lowest BCUT2D eigenvalue weighted by Gasteiger charge is -2.31. The Balaban J connectivity index is 1.48. The Hall–Kier alpha value is -2.73. The molecule has 1 fully saturated rings. The monoisotopic (exact) mass is 388 g/mol. The highest BCUT2D eigenvalue weighted by Gasteiger charge is 2.33. The molecule has 0 unspecified atom stereocenters. The average Bonchev–Trinajstić information content (AvgIpc) is 3.16. The van der Waals surface area contributed by atoms with E-state index in [1.807, 2.05) is 0 Å². The van der Waals surface area contributed by atoms with Crippen molar-refractivity contribution < 1.29 is 14.3 Å². The first-order chi connectivity index (χ1) is 13.0. The molecule has 1 aliphatic rings. The third-order valence-electron chi connectivity index (χ3n) is 4.67. The minimum atomic E-state index is -0.851. The van der Waals surface area contributed by atoms with Gasteiger partial charge in [-0.3, -0.25) is 19.0 Å². The van der Waals surface area contributed by atoms with Crippen LogP contribution in [0, 0.1) is 11.3 Å². The number of hydrogen-bond donors (Lipinski definition) is 1. The van der Waals surface area contributed by atoms with Crippen molar-refractivity contribution in [3.8, 4) is 6.07 Å². The number of nitrogens with zero attached hydrogens (tertiary/aromatic N) is 3. The van der Waals surface area contributed by atoms with Crippen LogP contribution in [0.1, 0.15) is 38.5 Å². The van der Waals surface area contributed by atoms with Crippen LogP contribution in [0.25, 0.3) is 10.2 Å². The topological polar surface area (TPSA) is 114 Å². The number of hydrogen-bond acceptors (Lipinski definition) is 7. The van der Waals surface area contributed by atoms with Gasteiger partial charge in [0.05, 0.1) is 24.2 Å². The van der Waals surface area contributed by atoms with Crippen molar-refractivity contribution in [3.63, 3.8) is 0 Å². The Labute approximate surface area is 159 Å². The number of carbonyl (C=O) groups is 2. The van der Waals surface area contributed by atoms with E-state index >= 15 is 0 Å². The second-order valence-corrected chi connectivity index (χ2v) is 7.49. The number of aryl methyl sites for hydroxylation is 1. The highest BCUT2D eigenvalue weighted by molar-refractivity contribution is 7.16. The van der Waals surface area contributed by atoms with Gasteiger partial charge in [-0.05, 0) is 24.3 Å². The summed E-state index contributed by atoms with van der Waals surface area (Å²) in [7, 11) is 0. The number of ether oxygens (including phenoxy) is 1. The van der Waals surface area contributed by atoms with Gasteiger partial charge in [-0.25, -0.2) is 4.98 Å². The predicted molar refractivity (Wildman–Crippen MR) is 99.0 cm³/mol. The summed E-state index contributed by atoms with van der Waals surface area (Å²) in [6.07, 6.45) is 5.43. The van der Waals surface area contributed by atoms with Crippen LogP contribution >= 0.6 is 11.3 Å². The average molecular weight is 388 g/mol. The Kier molecular flexibility index (Phi) is 5.86. The molecule has 0 aromatic carbocycles. The molecule has 1 saturated carbocycles. The molecule has 0 radical (unpaired) electrons. The summed E-state index contributed by atoms with van der Waals surface area (Å²) in [5.74, 6) is -1.07. The Morgan fingerprint density at radius 1 is 1.37 bits per heavy atom. The quantitative estimate of drug-likeness (QED) is 0.754. The van der Waals surface area contributed by atoms with Gasteiger partial charge in [-0.15, -0.1) is 11.3 Å². The van der Waals surface area contributed by atoms with Gasteiger partial charge in [0.2, 0.25) is 0 Å². The van der Waals surface area contributed by atoms with E-state index < -0.39 is 24.0 Å². The summed E-state index contributed by atoms with van der Waals surface area (Å²) in [4.78, 5) is 41.0. The SMILES string of the molecule is N#CC1(NC(=O)COC(=O)CCn2cnc3sccc3c2=O)CCCCC1. The van der Waals surface area contributed by atoms with Crippen LogP contribution in [0.5, 0.6) is 0 Å². The van der Waals surface area contributed by atoms with Crippen LogP contribution in [0.3, 0.4) is 0 Å². The molecule has 8 nitrogen and oxygen atoms in total. The predicted octanol–water partition coefficient (Wildman–Crippen LogP) is 1.73. The van der Waals surface area contributed by atoms with Gasteiger partial charge in [0.15, 0.2) is 6.61 Å². The molecule has 1 amide bonds. The van der Waals surface area contributed by atoms with Crippen LogP contribution < -0.4 is 10.9 Å². The van der Waals surface area contributed by atoms with Gasteiger partial charge in [0, 0.05) is 6.54 Å². The summed E-state index contributed by atoms with van der Waals surface area (Å²) < 4.78 is 6.33. The number of aromatic nitrogens is 2. The minimum Gasteiger partial charge on any atom is -0.456 e. The number of fused-ring (bicyclic) bond motifs is 1. The zero-order valence-corrected chi connectivity index (χ0v) is 15.6. The smallest absolute Gasteiger partial charge is 0.308 e. The molecule has 0 spiro atoms. The molecule has 0 bridgehead atoms. The molecule has 142 valence electrons. The number of carbonyl (C=O) groups excluding carboxylic acids is 2. The lowest BCUT2D eigenvalue weighted by molar-refractivity contribution is -0.149. The molecule has 27 heavy (non-hydrogen) atoms. The highest BCUT2D eigenvalue weighted by atomic mass is 32.1. The first kappa shape index (κ1) is 19.0. The molecule has 1 N–H and O–H groups in total. The van der Waals surface area contributed by atoms with Crippen molar-refractivity contribution in [3.05, 3.63) is 28.1 Å². The first-order valence-electron chi connectivity index (χ1n) is 8.83. The maximum absolute atomic E-state index is 12.2. The Bertz CT molecular complexity index is 937. The third kappa shape index (κ3) is 4.52. The van der Waals surface area contributed by atoms with E-state index in [0.717, 1.165) is 19.3 Å². The Morgan fingerprint density at radius 3 is 2.89 bits per heavy atom. The fourth-order valence-electron chi connectivity index (χ4n) is 3.21. The second-order valence-electron chi connectivity index (χ2n) is 6.60. The van der Waals surface area contributed by atoms with Gasteiger partial charge < -0.3 is 10.1 Å². The number of esters is 1. The van der Waals surface area contributed by atoms with E-state index in [1.165, 1.54) is 22.2 Å². The van der Waals surface area contributed by atoms with E-state index in [-0.39, 0.29) is 18.5 Å². The van der Waals surface area contributed by atoms with E-state index in [2.05, 4.69) is 16.4 Å². The zero-order valence-electron chi connectivity index (χ0n) is 14.8. The molecule has 0 aliphatic heterocycles. The van der Waals surface area contributed by atoms with Gasteiger partial charge in [0.1, 0.15) is 10.4 Å². The normalized spacial score (nSPS) is 15.8. The van der Waals surface area contributed by atoms with Crippen LogP contribution in [0.4, 0.5) is 0 Å². The van der Waals surface area contributed by atoms with Gasteiger partial charge in [0.25, 0.3) is 11.5 Å². The van der Waals surface area contributed by atoms with E-state index in [0.29, 0.717) is 23.1 Å². The zero-order chi connectivity index (χ0) is 19.3. The number of thiophene rings is 1. The molecule has 9 heteroatoms. The third-order valence-corrected chi connectivity index (χ3v) is 5.49. The van der Waals surface area contributed by atoms with Crippen LogP contribution in [0.15, 0.2) is 22.6 Å². The standard InChI is InChI=1S/C18H20N4O4S/c19-11-18(6-2-1-3-7-18)21-14(23)10-26-15(24)4-8-22-12-20-16-13(17(22)25)5-9-27-16/h5,9,12H,1-4,6-8,10H2,(H,21,23). The van der Waals surface area contributed by atoms with Crippen LogP contribution in [-0.4, -0.2) is 33.6 Å². The molecule has 2 heterocycles. The second kappa shape index (κ2) is 8.31. The number of rotatable bonds is 6. The maximum Gasteiger partial charge on any atom is 0.308 e. The van der Waals surface area contributed by atoms with Crippen LogP contribution in [0.2, 0.25) is 0 Å². The van der Waals surface area contributed by atoms with Gasteiger partial charge in [-0.2, -0.15) is 5.26 Å². The van der Waals surface area contributed by atoms with Crippen molar-refractivity contribution in [2.24, 2.45) is 0 Å². The fraction of sp³-hybridized carbons (Fsp3) is 0.500. The molecule has 0 atom stereocenters. The number of nitriles is 1. The summed E-state index contributed by atoms with van der Waals surface area (Å²) in [6.45, 7) is -0.306. The van der Waals surface area contributed by atoms with Crippen molar-refractivity contribution >= 4 is 33.4 Å². The lowest BCUT2D eigenvalue weighted by atomic mass is 9.83. The van der Waals surface area contributed by atoms with Crippen molar-refractivity contribution in [2.45, 2.75) is 50.6 Å². The largest absolute Gasteiger partial charge is 0.456 e. The first-order valence-corrected chi connectivity index (χ1v) is 9.71. The minimum absolute atomic E-state index is 0.0477. The molecule has 0 saturated heterocycles. The van der Waals surface area contributed by atoms with Crippen molar-refractivity contribution in [2.75, 3.05) is 6.61 Å². The molecular formula is C18H20N4O4S. The van der Waals surface area contributed by atoms with Gasteiger partial charge in [-0.1, -0.05) is 19.3 Å². The van der Waals surface area contributed by atoms with Crippen LogP contribution in [-0.2, 0) is 20.9 Å². The molecule has 2 aromatic heterocycles. The highest BCUT2D eigenvalue weighted by Crippen LogP contribution is 2.27. The summed E-state index contributed by atoms with van der Waals surface area (Å²) in [5.41, 5.74) is -1.06. The van der Waals surface area contributed by atoms with E-state index in [9.17, 15) is 19.6 Å². The Morgan fingerprint density at radius 2 is 2.15 bits per heavy atom. The van der Waals surface area contributed by atoms with E-state index in [4.69, 9.17) is 4.74 Å². The fourth-order valence-corrected chi connectivity index (χ4v) is 3.93. The molecule has 1 aliphatic carbocycles. The summed E-state index contributed by atoms with van der Waals surface area (Å²) in [6, 6.07) is 3.88. The van der Waals surface area contributed by atoms with Gasteiger partial charge >= 0.3 is 5.97 Å².